The first-order valence-corrected chi connectivity index (χ1v) is 6.86. The van der Waals surface area contributed by atoms with Crippen molar-refractivity contribution in [3.63, 3.8) is 0 Å². The third-order valence-corrected chi connectivity index (χ3v) is 3.11. The van der Waals surface area contributed by atoms with E-state index in [1.807, 2.05) is 6.92 Å². The van der Waals surface area contributed by atoms with Crippen molar-refractivity contribution in [3.8, 4) is 0 Å². The lowest BCUT2D eigenvalue weighted by atomic mass is 10.1. The first-order valence-electron chi connectivity index (χ1n) is 5.74. The Hall–Kier alpha value is -1.36. The van der Waals surface area contributed by atoms with Gasteiger partial charge in [0.25, 0.3) is 0 Å². The van der Waals surface area contributed by atoms with Crippen molar-refractivity contribution in [2.24, 2.45) is 0 Å². The Bertz CT molecular complexity index is 446. The van der Waals surface area contributed by atoms with E-state index in [1.165, 1.54) is 12.1 Å². The third-order valence-electron chi connectivity index (χ3n) is 2.55. The van der Waals surface area contributed by atoms with Gasteiger partial charge in [-0.15, -0.1) is 0 Å². The number of nitrogens with one attached hydrogen (secondary N) is 1. The molecule has 0 radical (unpaired) electrons. The number of unbranched alkanes of at least 4 members (excludes halogenated alkanes) is 1. The van der Waals surface area contributed by atoms with Crippen LogP contribution in [0.2, 0.25) is 0 Å². The molecule has 0 fully saturated rings. The van der Waals surface area contributed by atoms with Crippen molar-refractivity contribution in [2.45, 2.75) is 26.2 Å². The molecule has 0 heterocycles. The zero-order valence-corrected chi connectivity index (χ0v) is 11.8. The molecule has 0 bridgehead atoms. The summed E-state index contributed by atoms with van der Waals surface area (Å²) in [5, 5.41) is 12.5. The molecule has 0 saturated carbocycles. The minimum atomic E-state index is -0.996. The van der Waals surface area contributed by atoms with Crippen LogP contribution < -0.4 is 5.32 Å². The highest BCUT2D eigenvalue weighted by Gasteiger charge is 2.08. The zero-order chi connectivity index (χ0) is 13.5. The fraction of sp³-hybridized carbons (Fsp3) is 0.385. The highest BCUT2D eigenvalue weighted by atomic mass is 79.9. The van der Waals surface area contributed by atoms with Gasteiger partial charge in [-0.2, -0.15) is 0 Å². The number of aryl methyl sites for hydroxylation is 1. The molecule has 0 aliphatic heterocycles. The normalized spacial score (nSPS) is 10.1. The monoisotopic (exact) mass is 313 g/mol. The minimum Gasteiger partial charge on any atom is -0.478 e. The van der Waals surface area contributed by atoms with Crippen LogP contribution in [0.4, 0.5) is 5.69 Å². The number of carbonyl (C=O) groups is 2. The lowest BCUT2D eigenvalue weighted by Crippen LogP contribution is -2.12. The van der Waals surface area contributed by atoms with E-state index in [-0.39, 0.29) is 11.5 Å². The summed E-state index contributed by atoms with van der Waals surface area (Å²) in [7, 11) is 0. The lowest BCUT2D eigenvalue weighted by molar-refractivity contribution is -0.116. The molecule has 1 aromatic carbocycles. The van der Waals surface area contributed by atoms with Gasteiger partial charge in [0.05, 0.1) is 5.56 Å². The topological polar surface area (TPSA) is 66.4 Å². The number of rotatable bonds is 6. The molecule has 0 atom stereocenters. The molecule has 18 heavy (non-hydrogen) atoms. The summed E-state index contributed by atoms with van der Waals surface area (Å²) in [5.41, 5.74) is 1.60. The molecular weight excluding hydrogens is 298 g/mol. The number of benzene rings is 1. The Morgan fingerprint density at radius 1 is 1.33 bits per heavy atom. The number of carboxylic acid groups (broad SMARTS) is 1. The smallest absolute Gasteiger partial charge is 0.335 e. The van der Waals surface area contributed by atoms with Gasteiger partial charge in [-0.05, 0) is 37.5 Å². The van der Waals surface area contributed by atoms with E-state index in [0.717, 1.165) is 23.7 Å². The summed E-state index contributed by atoms with van der Waals surface area (Å²) < 4.78 is 0. The number of hydrogen-bond acceptors (Lipinski definition) is 2. The molecule has 0 aliphatic carbocycles. The van der Waals surface area contributed by atoms with Crippen LogP contribution in [0.1, 0.15) is 35.2 Å². The molecule has 98 valence electrons. The van der Waals surface area contributed by atoms with Crippen molar-refractivity contribution in [3.05, 3.63) is 29.3 Å². The lowest BCUT2D eigenvalue weighted by Gasteiger charge is -2.09. The van der Waals surface area contributed by atoms with Gasteiger partial charge in [-0.25, -0.2) is 4.79 Å². The quantitative estimate of drug-likeness (QED) is 0.626. The average Bonchev–Trinajstić information content (AvgIpc) is 2.32. The molecule has 0 aliphatic rings. The first-order chi connectivity index (χ1) is 8.54. The van der Waals surface area contributed by atoms with Crippen LogP contribution in [0.3, 0.4) is 0 Å². The summed E-state index contributed by atoms with van der Waals surface area (Å²) in [6.07, 6.45) is 2.21. The summed E-state index contributed by atoms with van der Waals surface area (Å²) in [6.45, 7) is 1.83. The van der Waals surface area contributed by atoms with Crippen molar-refractivity contribution in [1.29, 1.82) is 0 Å². The molecule has 2 N–H and O–H groups in total. The summed E-state index contributed by atoms with van der Waals surface area (Å²) in [5.74, 6) is -1.08. The van der Waals surface area contributed by atoms with Crippen LogP contribution in [-0.4, -0.2) is 22.3 Å². The Labute approximate surface area is 115 Å². The van der Waals surface area contributed by atoms with Gasteiger partial charge in [0.2, 0.25) is 5.91 Å². The van der Waals surface area contributed by atoms with E-state index in [1.54, 1.807) is 6.07 Å². The van der Waals surface area contributed by atoms with Gasteiger partial charge in [0.15, 0.2) is 0 Å². The number of amides is 1. The van der Waals surface area contributed by atoms with Crippen LogP contribution in [0.25, 0.3) is 0 Å². The molecule has 0 saturated heterocycles. The van der Waals surface area contributed by atoms with Gasteiger partial charge < -0.3 is 10.4 Å². The Balaban J connectivity index is 2.68. The van der Waals surface area contributed by atoms with Crippen LogP contribution in [0, 0.1) is 6.92 Å². The SMILES string of the molecule is Cc1ccc(C(=O)O)cc1NC(=O)CCCCBr. The van der Waals surface area contributed by atoms with E-state index in [0.29, 0.717) is 12.1 Å². The van der Waals surface area contributed by atoms with E-state index >= 15 is 0 Å². The molecule has 4 nitrogen and oxygen atoms in total. The maximum absolute atomic E-state index is 11.6. The second-order valence-electron chi connectivity index (χ2n) is 4.03. The Morgan fingerprint density at radius 3 is 2.67 bits per heavy atom. The maximum atomic E-state index is 11.6. The van der Waals surface area contributed by atoms with Gasteiger partial charge in [0, 0.05) is 17.4 Å². The molecule has 0 unspecified atom stereocenters. The van der Waals surface area contributed by atoms with Gasteiger partial charge >= 0.3 is 5.97 Å². The van der Waals surface area contributed by atoms with E-state index in [9.17, 15) is 9.59 Å². The van der Waals surface area contributed by atoms with Gasteiger partial charge in [-0.3, -0.25) is 4.79 Å². The molecular formula is C13H16BrNO3. The number of carboxylic acids is 1. The van der Waals surface area contributed by atoms with Gasteiger partial charge in [0.1, 0.15) is 0 Å². The number of halogens is 1. The van der Waals surface area contributed by atoms with Crippen LogP contribution >= 0.6 is 15.9 Å². The standard InChI is InChI=1S/C13H16BrNO3/c1-9-5-6-10(13(17)18)8-11(9)15-12(16)4-2-3-7-14/h5-6,8H,2-4,7H2,1H3,(H,15,16)(H,17,18). The fourth-order valence-corrected chi connectivity index (χ4v) is 1.88. The van der Waals surface area contributed by atoms with Crippen LogP contribution in [0.15, 0.2) is 18.2 Å². The summed E-state index contributed by atoms with van der Waals surface area (Å²) in [6, 6.07) is 4.70. The predicted octanol–water partition coefficient (Wildman–Crippen LogP) is 3.20. The number of anilines is 1. The number of aromatic carboxylic acids is 1. The largest absolute Gasteiger partial charge is 0.478 e. The fourth-order valence-electron chi connectivity index (χ4n) is 1.48. The molecule has 1 rings (SSSR count). The van der Waals surface area contributed by atoms with Crippen molar-refractivity contribution in [2.75, 3.05) is 10.6 Å². The molecule has 0 spiro atoms. The summed E-state index contributed by atoms with van der Waals surface area (Å²) in [4.78, 5) is 22.5. The van der Waals surface area contributed by atoms with Gasteiger partial charge in [-0.1, -0.05) is 22.0 Å². The molecule has 1 amide bonds. The van der Waals surface area contributed by atoms with Crippen LogP contribution in [-0.2, 0) is 4.79 Å². The highest BCUT2D eigenvalue weighted by Crippen LogP contribution is 2.17. The molecule has 5 heteroatoms. The first kappa shape index (κ1) is 14.7. The molecule has 0 aromatic heterocycles. The van der Waals surface area contributed by atoms with Crippen molar-refractivity contribution < 1.29 is 14.7 Å². The predicted molar refractivity (Wildman–Crippen MR) is 74.4 cm³/mol. The maximum Gasteiger partial charge on any atom is 0.335 e. The van der Waals surface area contributed by atoms with E-state index in [4.69, 9.17) is 5.11 Å². The number of hydrogen-bond donors (Lipinski definition) is 2. The Kier molecular flexibility index (Phi) is 5.85. The van der Waals surface area contributed by atoms with Crippen LogP contribution in [0.5, 0.6) is 0 Å². The number of alkyl halides is 1. The minimum absolute atomic E-state index is 0.0819. The molecule has 1 aromatic rings. The zero-order valence-electron chi connectivity index (χ0n) is 10.2. The van der Waals surface area contributed by atoms with Crippen molar-refractivity contribution >= 4 is 33.5 Å². The van der Waals surface area contributed by atoms with E-state index < -0.39 is 5.97 Å². The Morgan fingerprint density at radius 2 is 2.06 bits per heavy atom. The number of carbonyl (C=O) groups excluding carboxylic acids is 1. The van der Waals surface area contributed by atoms with Crippen molar-refractivity contribution in [1.82, 2.24) is 0 Å². The average molecular weight is 314 g/mol. The third kappa shape index (κ3) is 4.49. The summed E-state index contributed by atoms with van der Waals surface area (Å²) >= 11 is 3.31. The second-order valence-corrected chi connectivity index (χ2v) is 4.82. The second kappa shape index (κ2) is 7.16. The highest BCUT2D eigenvalue weighted by molar-refractivity contribution is 9.09. The van der Waals surface area contributed by atoms with E-state index in [2.05, 4.69) is 21.2 Å².